The molecule has 160 valence electrons. The maximum absolute atomic E-state index is 12.3. The van der Waals surface area contributed by atoms with E-state index in [2.05, 4.69) is 28.7 Å². The molecule has 0 unspecified atom stereocenters. The van der Waals surface area contributed by atoms with Crippen LogP contribution in [0.1, 0.15) is 38.2 Å². The predicted molar refractivity (Wildman–Crippen MR) is 104 cm³/mol. The fraction of sp³-hybridized carbons (Fsp3) is 0.333. The molecule has 0 fully saturated rings. The monoisotopic (exact) mass is 421 g/mol. The second-order valence-electron chi connectivity index (χ2n) is 6.79. The van der Waals surface area contributed by atoms with Crippen molar-refractivity contribution in [2.75, 3.05) is 0 Å². The highest BCUT2D eigenvalue weighted by molar-refractivity contribution is 5.38. The second kappa shape index (κ2) is 9.06. The SMILES string of the molecule is CC=c1onc(OCc2nccn2C(C)C)c1=CCc1ccc(OC(F)(F)F)cc1. The third-order valence-electron chi connectivity index (χ3n) is 4.33. The quantitative estimate of drug-likeness (QED) is 0.582. The third-order valence-corrected chi connectivity index (χ3v) is 4.33. The Balaban J connectivity index is 1.76. The van der Waals surface area contributed by atoms with E-state index in [1.165, 1.54) is 12.1 Å². The molecule has 0 bridgehead atoms. The summed E-state index contributed by atoms with van der Waals surface area (Å²) in [6.45, 7) is 6.15. The Morgan fingerprint density at radius 1 is 1.20 bits per heavy atom. The van der Waals surface area contributed by atoms with Crippen LogP contribution in [0.4, 0.5) is 13.2 Å². The summed E-state index contributed by atoms with van der Waals surface area (Å²) in [4.78, 5) is 4.31. The first kappa shape index (κ1) is 21.5. The molecule has 0 aliphatic heterocycles. The van der Waals surface area contributed by atoms with Gasteiger partial charge in [-0.1, -0.05) is 18.2 Å². The number of hydrogen-bond donors (Lipinski definition) is 0. The van der Waals surface area contributed by atoms with E-state index in [0.717, 1.165) is 11.4 Å². The molecule has 0 spiro atoms. The minimum atomic E-state index is -4.71. The second-order valence-corrected chi connectivity index (χ2v) is 6.79. The third kappa shape index (κ3) is 5.43. The van der Waals surface area contributed by atoms with Gasteiger partial charge >= 0.3 is 6.36 Å². The average Bonchev–Trinajstić information content (AvgIpc) is 3.31. The smallest absolute Gasteiger partial charge is 0.467 e. The van der Waals surface area contributed by atoms with Crippen molar-refractivity contribution in [1.29, 1.82) is 0 Å². The Labute approximate surface area is 171 Å². The molecular formula is C21H22F3N3O3. The van der Waals surface area contributed by atoms with E-state index < -0.39 is 6.36 Å². The molecule has 0 aliphatic rings. The summed E-state index contributed by atoms with van der Waals surface area (Å²) in [6, 6.07) is 5.94. The molecule has 0 saturated carbocycles. The number of aromatic nitrogens is 3. The Hall–Kier alpha value is -3.23. The molecule has 30 heavy (non-hydrogen) atoms. The molecule has 3 rings (SSSR count). The Bertz CT molecular complexity index is 1080. The molecule has 0 atom stereocenters. The molecule has 0 N–H and O–H groups in total. The van der Waals surface area contributed by atoms with Crippen molar-refractivity contribution in [2.24, 2.45) is 0 Å². The predicted octanol–water partition coefficient (Wildman–Crippen LogP) is 3.75. The summed E-state index contributed by atoms with van der Waals surface area (Å²) in [5.41, 5.74) is 1.35. The molecular weight excluding hydrogens is 399 g/mol. The van der Waals surface area contributed by atoms with Crippen molar-refractivity contribution in [1.82, 2.24) is 14.7 Å². The van der Waals surface area contributed by atoms with Crippen molar-refractivity contribution in [3.63, 3.8) is 0 Å². The van der Waals surface area contributed by atoms with Crippen molar-refractivity contribution < 1.29 is 27.2 Å². The van der Waals surface area contributed by atoms with Crippen LogP contribution in [0, 0.1) is 0 Å². The lowest BCUT2D eigenvalue weighted by molar-refractivity contribution is -0.274. The lowest BCUT2D eigenvalue weighted by atomic mass is 10.1. The fourth-order valence-electron chi connectivity index (χ4n) is 2.90. The van der Waals surface area contributed by atoms with Crippen LogP contribution >= 0.6 is 0 Å². The molecule has 2 aromatic heterocycles. The summed E-state index contributed by atoms with van der Waals surface area (Å²) in [6.07, 6.45) is 2.96. The maximum Gasteiger partial charge on any atom is 0.573 e. The zero-order chi connectivity index (χ0) is 21.7. The van der Waals surface area contributed by atoms with E-state index in [-0.39, 0.29) is 18.4 Å². The first-order valence-electron chi connectivity index (χ1n) is 9.38. The minimum Gasteiger partial charge on any atom is -0.467 e. The van der Waals surface area contributed by atoms with E-state index in [4.69, 9.17) is 9.26 Å². The molecule has 0 radical (unpaired) electrons. The van der Waals surface area contributed by atoms with Gasteiger partial charge in [0, 0.05) is 18.4 Å². The summed E-state index contributed by atoms with van der Waals surface area (Å²) >= 11 is 0. The zero-order valence-corrected chi connectivity index (χ0v) is 16.8. The van der Waals surface area contributed by atoms with Gasteiger partial charge < -0.3 is 18.6 Å². The van der Waals surface area contributed by atoms with Crippen LogP contribution in [0.2, 0.25) is 0 Å². The maximum atomic E-state index is 12.3. The van der Waals surface area contributed by atoms with Gasteiger partial charge in [0.05, 0.1) is 5.22 Å². The van der Waals surface area contributed by atoms with Crippen LogP contribution in [-0.2, 0) is 13.0 Å². The summed E-state index contributed by atoms with van der Waals surface area (Å²) in [7, 11) is 0. The topological polar surface area (TPSA) is 62.3 Å². The Morgan fingerprint density at radius 2 is 1.93 bits per heavy atom. The molecule has 9 heteroatoms. The highest BCUT2D eigenvalue weighted by atomic mass is 19.4. The fourth-order valence-corrected chi connectivity index (χ4v) is 2.90. The summed E-state index contributed by atoms with van der Waals surface area (Å²) in [5, 5.41) is 4.66. The standard InChI is InChI=1S/C21H22F3N3O3/c1-4-18-17(10-7-15-5-8-16(9-6-15)29-21(22,23)24)20(26-30-18)28-13-19-25-11-12-27(19)14(2)3/h4-6,8-12,14H,7,13H2,1-3H3. The van der Waals surface area contributed by atoms with Crippen LogP contribution in [0.5, 0.6) is 11.6 Å². The van der Waals surface area contributed by atoms with Gasteiger partial charge in [0.1, 0.15) is 18.2 Å². The van der Waals surface area contributed by atoms with Crippen LogP contribution in [0.15, 0.2) is 41.2 Å². The van der Waals surface area contributed by atoms with E-state index in [0.29, 0.717) is 22.9 Å². The molecule has 3 aromatic rings. The van der Waals surface area contributed by atoms with Crippen LogP contribution in [0.25, 0.3) is 12.2 Å². The average molecular weight is 421 g/mol. The van der Waals surface area contributed by atoms with Crippen LogP contribution in [0.3, 0.4) is 0 Å². The Morgan fingerprint density at radius 3 is 2.57 bits per heavy atom. The molecule has 0 amide bonds. The highest BCUT2D eigenvalue weighted by Crippen LogP contribution is 2.22. The number of hydrogen-bond acceptors (Lipinski definition) is 5. The molecule has 2 heterocycles. The summed E-state index contributed by atoms with van der Waals surface area (Å²) < 4.78 is 53.9. The van der Waals surface area contributed by atoms with Crippen molar-refractivity contribution >= 4 is 12.2 Å². The lowest BCUT2D eigenvalue weighted by Crippen LogP contribution is -2.22. The van der Waals surface area contributed by atoms with Gasteiger partial charge in [-0.3, -0.25) is 0 Å². The van der Waals surface area contributed by atoms with Gasteiger partial charge in [-0.25, -0.2) is 4.98 Å². The van der Waals surface area contributed by atoms with E-state index in [1.54, 1.807) is 24.4 Å². The van der Waals surface area contributed by atoms with Gasteiger partial charge in [-0.15, -0.1) is 13.2 Å². The minimum absolute atomic E-state index is 0.227. The number of benzene rings is 1. The van der Waals surface area contributed by atoms with E-state index in [1.807, 2.05) is 23.8 Å². The highest BCUT2D eigenvalue weighted by Gasteiger charge is 2.30. The van der Waals surface area contributed by atoms with E-state index >= 15 is 0 Å². The lowest BCUT2D eigenvalue weighted by Gasteiger charge is -2.11. The van der Waals surface area contributed by atoms with Crippen LogP contribution in [-0.4, -0.2) is 21.1 Å². The molecule has 0 saturated heterocycles. The van der Waals surface area contributed by atoms with Crippen LogP contribution < -0.4 is 20.1 Å². The Kier molecular flexibility index (Phi) is 6.49. The normalized spacial score (nSPS) is 13.3. The molecule has 0 aliphatic carbocycles. The van der Waals surface area contributed by atoms with E-state index in [9.17, 15) is 13.2 Å². The first-order valence-corrected chi connectivity index (χ1v) is 9.38. The zero-order valence-electron chi connectivity index (χ0n) is 16.8. The van der Waals surface area contributed by atoms with Crippen molar-refractivity contribution in [2.45, 2.75) is 46.2 Å². The number of nitrogens with zero attached hydrogens (tertiary/aromatic N) is 3. The van der Waals surface area contributed by atoms with Crippen molar-refractivity contribution in [3.8, 4) is 11.6 Å². The molecule has 1 aromatic carbocycles. The first-order chi connectivity index (χ1) is 14.3. The van der Waals surface area contributed by atoms with Gasteiger partial charge in [0.25, 0.3) is 5.88 Å². The number of alkyl halides is 3. The largest absolute Gasteiger partial charge is 0.573 e. The summed E-state index contributed by atoms with van der Waals surface area (Å²) in [5.74, 6) is 0.836. The van der Waals surface area contributed by atoms with Gasteiger partial charge in [0.2, 0.25) is 0 Å². The number of ether oxygens (including phenoxy) is 2. The van der Waals surface area contributed by atoms with Gasteiger partial charge in [0.15, 0.2) is 5.42 Å². The number of imidazole rings is 1. The van der Waals surface area contributed by atoms with Crippen molar-refractivity contribution in [3.05, 3.63) is 58.7 Å². The van der Waals surface area contributed by atoms with Gasteiger partial charge in [-0.2, -0.15) is 0 Å². The molecule has 6 nitrogen and oxygen atoms in total. The number of rotatable bonds is 7. The van der Waals surface area contributed by atoms with Gasteiger partial charge in [-0.05, 0) is 56.1 Å². The number of halogens is 3.